The van der Waals surface area contributed by atoms with Crippen molar-refractivity contribution in [3.05, 3.63) is 64.2 Å². The molecular weight excluding hydrogens is 394 g/mol. The first-order valence-corrected chi connectivity index (χ1v) is 9.38. The molecule has 0 saturated carbocycles. The number of nitrogens with two attached hydrogens (primary N) is 1. The number of carbonyl (C=O) groups is 2. The molecule has 0 amide bonds. The molecule has 0 unspecified atom stereocenters. The van der Waals surface area contributed by atoms with Crippen molar-refractivity contribution in [2.45, 2.75) is 37.3 Å². The van der Waals surface area contributed by atoms with Crippen LogP contribution in [0.15, 0.2) is 36.4 Å². The Bertz CT molecular complexity index is 1000. The van der Waals surface area contributed by atoms with Crippen LogP contribution in [0.1, 0.15) is 37.4 Å². The summed E-state index contributed by atoms with van der Waals surface area (Å²) in [5.41, 5.74) is 6.54. The van der Waals surface area contributed by atoms with Crippen molar-refractivity contribution in [3.63, 3.8) is 0 Å². The van der Waals surface area contributed by atoms with Gasteiger partial charge in [-0.1, -0.05) is 30.3 Å². The van der Waals surface area contributed by atoms with Gasteiger partial charge in [-0.2, -0.15) is 0 Å². The summed E-state index contributed by atoms with van der Waals surface area (Å²) in [6.45, 7) is -0.799. The molecule has 0 spiro atoms. The van der Waals surface area contributed by atoms with Crippen molar-refractivity contribution in [2.24, 2.45) is 5.73 Å². The molecule has 158 valence electrons. The first-order valence-electron chi connectivity index (χ1n) is 9.38. The van der Waals surface area contributed by atoms with E-state index in [0.29, 0.717) is 0 Å². The third kappa shape index (κ3) is 3.21. The van der Waals surface area contributed by atoms with E-state index >= 15 is 0 Å². The predicted molar refractivity (Wildman–Crippen MR) is 102 cm³/mol. The van der Waals surface area contributed by atoms with E-state index in [9.17, 15) is 30.0 Å². The van der Waals surface area contributed by atoms with Gasteiger partial charge in [0.05, 0.1) is 24.8 Å². The van der Waals surface area contributed by atoms with Crippen LogP contribution in [0.25, 0.3) is 0 Å². The number of carbonyl (C=O) groups excluding carboxylic acids is 2. The molecule has 2 aliphatic rings. The maximum Gasteiger partial charge on any atom is 0.198 e. The van der Waals surface area contributed by atoms with Crippen molar-refractivity contribution < 1.29 is 39.5 Å². The molecule has 1 aliphatic heterocycles. The van der Waals surface area contributed by atoms with Crippen LogP contribution < -0.4 is 5.73 Å². The molecule has 2 aromatic rings. The van der Waals surface area contributed by atoms with Crippen molar-refractivity contribution in [2.75, 3.05) is 6.61 Å². The molecule has 5 atom stereocenters. The van der Waals surface area contributed by atoms with Gasteiger partial charge in [0, 0.05) is 22.3 Å². The number of phenols is 1. The second-order valence-electron chi connectivity index (χ2n) is 7.29. The number of aliphatic hydroxyl groups excluding tert-OH is 3. The van der Waals surface area contributed by atoms with Gasteiger partial charge in [-0.05, 0) is 6.07 Å². The minimum atomic E-state index is -1.38. The summed E-state index contributed by atoms with van der Waals surface area (Å²) >= 11 is 0. The second-order valence-corrected chi connectivity index (χ2v) is 7.29. The minimum absolute atomic E-state index is 0.0997. The van der Waals surface area contributed by atoms with E-state index in [0.717, 1.165) is 0 Å². The molecule has 1 aliphatic carbocycles. The molecule has 1 fully saturated rings. The van der Waals surface area contributed by atoms with E-state index in [1.165, 1.54) is 18.2 Å². The van der Waals surface area contributed by atoms with Gasteiger partial charge in [0.25, 0.3) is 0 Å². The lowest BCUT2D eigenvalue weighted by molar-refractivity contribution is -0.269. The van der Waals surface area contributed by atoms with E-state index < -0.39 is 43.0 Å². The van der Waals surface area contributed by atoms with E-state index in [-0.39, 0.29) is 46.0 Å². The number of hydrogen-bond acceptors (Lipinski definition) is 9. The van der Waals surface area contributed by atoms with Gasteiger partial charge < -0.3 is 35.6 Å². The van der Waals surface area contributed by atoms with Gasteiger partial charge in [0.2, 0.25) is 0 Å². The maximum atomic E-state index is 12.9. The van der Waals surface area contributed by atoms with E-state index in [2.05, 4.69) is 0 Å². The van der Waals surface area contributed by atoms with Crippen LogP contribution in [0.5, 0.6) is 5.75 Å². The van der Waals surface area contributed by atoms with Crippen molar-refractivity contribution in [1.82, 2.24) is 0 Å². The van der Waals surface area contributed by atoms with Crippen LogP contribution in [-0.2, 0) is 16.1 Å². The smallest absolute Gasteiger partial charge is 0.198 e. The molecule has 2 aromatic carbocycles. The molecule has 9 heteroatoms. The molecule has 6 N–H and O–H groups in total. The average molecular weight is 415 g/mol. The monoisotopic (exact) mass is 415 g/mol. The van der Waals surface area contributed by atoms with Crippen LogP contribution in [-0.4, -0.2) is 69.2 Å². The maximum absolute atomic E-state index is 12.9. The Hall–Kier alpha value is -2.66. The van der Waals surface area contributed by atoms with Gasteiger partial charge in [-0.3, -0.25) is 9.59 Å². The third-order valence-electron chi connectivity index (χ3n) is 5.48. The van der Waals surface area contributed by atoms with Crippen molar-refractivity contribution >= 4 is 11.6 Å². The summed E-state index contributed by atoms with van der Waals surface area (Å²) in [4.78, 5) is 25.6. The summed E-state index contributed by atoms with van der Waals surface area (Å²) < 4.78 is 10.9. The zero-order valence-electron chi connectivity index (χ0n) is 15.8. The van der Waals surface area contributed by atoms with E-state index in [4.69, 9.17) is 15.2 Å². The van der Waals surface area contributed by atoms with Gasteiger partial charge in [-0.15, -0.1) is 0 Å². The van der Waals surface area contributed by atoms with Crippen LogP contribution in [0, 0.1) is 0 Å². The van der Waals surface area contributed by atoms with Gasteiger partial charge >= 0.3 is 0 Å². The van der Waals surface area contributed by atoms with E-state index in [1.807, 2.05) is 0 Å². The topological polar surface area (TPSA) is 160 Å². The molecule has 0 bridgehead atoms. The summed E-state index contributed by atoms with van der Waals surface area (Å²) in [5.74, 6) is -1.21. The number of benzene rings is 2. The zero-order chi connectivity index (χ0) is 21.6. The number of rotatable bonds is 4. The van der Waals surface area contributed by atoms with Gasteiger partial charge in [0.15, 0.2) is 17.9 Å². The number of ether oxygens (including phenoxy) is 2. The third-order valence-corrected chi connectivity index (χ3v) is 5.48. The normalized spacial score (nSPS) is 28.2. The van der Waals surface area contributed by atoms with Crippen LogP contribution in [0.2, 0.25) is 0 Å². The average Bonchev–Trinajstić information content (AvgIpc) is 2.76. The highest BCUT2D eigenvalue weighted by molar-refractivity contribution is 6.29. The lowest BCUT2D eigenvalue weighted by Crippen LogP contribution is -2.62. The Morgan fingerprint density at radius 1 is 0.967 bits per heavy atom. The molecule has 9 nitrogen and oxygen atoms in total. The fraction of sp³-hybridized carbons (Fsp3) is 0.333. The molecule has 4 rings (SSSR count). The fourth-order valence-corrected chi connectivity index (χ4v) is 3.75. The Balaban J connectivity index is 1.59. The Morgan fingerprint density at radius 2 is 1.63 bits per heavy atom. The van der Waals surface area contributed by atoms with Crippen LogP contribution in [0.3, 0.4) is 0 Å². The van der Waals surface area contributed by atoms with Crippen LogP contribution in [0.4, 0.5) is 0 Å². The quantitative estimate of drug-likeness (QED) is 0.377. The number of aliphatic hydroxyl groups is 3. The Labute approximate surface area is 171 Å². The molecule has 30 heavy (non-hydrogen) atoms. The number of aromatic hydroxyl groups is 1. The second kappa shape index (κ2) is 7.88. The standard InChI is InChI=1S/C21H21NO8/c22-15-20(28)19(27)13(7-23)30-21(15)29-8-9-5-6-12-14(16(9)24)18(26)11-4-2-1-3-10(11)17(12)25/h1-6,13,15,19-21,23-24,27-28H,7-8,22H2/t13-,15-,19-,20-,21-/m1/s1. The SMILES string of the molecule is N[C@H]1[C@H](OCc2ccc3c(c2O)C(=O)c2ccccc2C3=O)O[C@H](CO)[C@@H](O)[C@@H]1O. The van der Waals surface area contributed by atoms with Gasteiger partial charge in [-0.25, -0.2) is 0 Å². The zero-order valence-corrected chi connectivity index (χ0v) is 15.8. The number of hydrogen-bond donors (Lipinski definition) is 5. The largest absolute Gasteiger partial charge is 0.507 e. The molecule has 1 saturated heterocycles. The molecule has 0 aromatic heterocycles. The highest BCUT2D eigenvalue weighted by Gasteiger charge is 2.43. The Kier molecular flexibility index (Phi) is 5.41. The van der Waals surface area contributed by atoms with E-state index in [1.54, 1.807) is 18.2 Å². The molecule has 1 heterocycles. The van der Waals surface area contributed by atoms with Crippen molar-refractivity contribution in [1.29, 1.82) is 0 Å². The summed E-state index contributed by atoms with van der Waals surface area (Å²) in [7, 11) is 0. The number of phenolic OH excluding ortho intramolecular Hbond substituents is 1. The Morgan fingerprint density at radius 3 is 2.30 bits per heavy atom. The highest BCUT2D eigenvalue weighted by atomic mass is 16.7. The summed E-state index contributed by atoms with van der Waals surface area (Å²) in [6.07, 6.45) is -5.01. The lowest BCUT2D eigenvalue weighted by Gasteiger charge is -2.40. The lowest BCUT2D eigenvalue weighted by atomic mass is 9.83. The fourth-order valence-electron chi connectivity index (χ4n) is 3.75. The van der Waals surface area contributed by atoms with Gasteiger partial charge in [0.1, 0.15) is 24.1 Å². The first kappa shape index (κ1) is 20.6. The number of ketones is 2. The minimum Gasteiger partial charge on any atom is -0.507 e. The highest BCUT2D eigenvalue weighted by Crippen LogP contribution is 2.35. The summed E-state index contributed by atoms with van der Waals surface area (Å²) in [6, 6.07) is 8.19. The molecule has 0 radical (unpaired) electrons. The van der Waals surface area contributed by atoms with Crippen molar-refractivity contribution in [3.8, 4) is 5.75 Å². The predicted octanol–water partition coefficient (Wildman–Crippen LogP) is -0.550. The molecular formula is C21H21NO8. The first-order chi connectivity index (χ1) is 14.3. The van der Waals surface area contributed by atoms with Crippen LogP contribution >= 0.6 is 0 Å². The summed E-state index contributed by atoms with van der Waals surface area (Å²) in [5, 5.41) is 39.8. The number of fused-ring (bicyclic) bond motifs is 2.